The molecule has 110 valence electrons. The molecular formula is C15H14Cl3N3. The van der Waals surface area contributed by atoms with Crippen LogP contribution in [0.4, 0.5) is 0 Å². The van der Waals surface area contributed by atoms with E-state index in [-0.39, 0.29) is 37.2 Å². The van der Waals surface area contributed by atoms with Crippen molar-refractivity contribution in [3.8, 4) is 22.6 Å². The summed E-state index contributed by atoms with van der Waals surface area (Å²) >= 11 is 0. The van der Waals surface area contributed by atoms with E-state index in [9.17, 15) is 0 Å². The van der Waals surface area contributed by atoms with E-state index in [2.05, 4.69) is 15.0 Å². The van der Waals surface area contributed by atoms with E-state index in [1.54, 1.807) is 18.6 Å². The Labute approximate surface area is 142 Å². The first kappa shape index (κ1) is 19.3. The van der Waals surface area contributed by atoms with Crippen molar-refractivity contribution in [2.24, 2.45) is 0 Å². The number of hydrogen-bond acceptors (Lipinski definition) is 3. The molecule has 3 aromatic heterocycles. The van der Waals surface area contributed by atoms with E-state index >= 15 is 0 Å². The van der Waals surface area contributed by atoms with Gasteiger partial charge in [-0.3, -0.25) is 15.0 Å². The molecule has 0 N–H and O–H groups in total. The Morgan fingerprint density at radius 3 is 1.67 bits per heavy atom. The molecule has 0 saturated heterocycles. The summed E-state index contributed by atoms with van der Waals surface area (Å²) in [6.45, 7) is 0. The van der Waals surface area contributed by atoms with E-state index in [4.69, 9.17) is 0 Å². The lowest BCUT2D eigenvalue weighted by Crippen LogP contribution is -1.92. The molecule has 0 saturated carbocycles. The van der Waals surface area contributed by atoms with Crippen molar-refractivity contribution in [3.63, 3.8) is 0 Å². The fourth-order valence-corrected chi connectivity index (χ4v) is 1.84. The molecule has 0 amide bonds. The molecule has 0 aliphatic carbocycles. The summed E-state index contributed by atoms with van der Waals surface area (Å²) in [6.07, 6.45) is 5.33. The second-order valence-electron chi connectivity index (χ2n) is 3.83. The van der Waals surface area contributed by atoms with Gasteiger partial charge < -0.3 is 0 Å². The van der Waals surface area contributed by atoms with Crippen molar-refractivity contribution < 1.29 is 0 Å². The summed E-state index contributed by atoms with van der Waals surface area (Å²) in [5.41, 5.74) is 3.62. The van der Waals surface area contributed by atoms with Gasteiger partial charge in [-0.25, -0.2) is 0 Å². The van der Waals surface area contributed by atoms with Gasteiger partial charge in [0.15, 0.2) is 0 Å². The summed E-state index contributed by atoms with van der Waals surface area (Å²) in [5.74, 6) is 0. The van der Waals surface area contributed by atoms with Gasteiger partial charge in [0.2, 0.25) is 0 Å². The normalized spacial score (nSPS) is 8.76. The van der Waals surface area contributed by atoms with E-state index in [0.717, 1.165) is 22.6 Å². The van der Waals surface area contributed by atoms with Gasteiger partial charge in [-0.1, -0.05) is 12.1 Å². The molecule has 0 unspecified atom stereocenters. The summed E-state index contributed by atoms with van der Waals surface area (Å²) in [5, 5.41) is 0. The number of aromatic nitrogens is 3. The van der Waals surface area contributed by atoms with Gasteiger partial charge in [-0.2, -0.15) is 0 Å². The Kier molecular flexibility index (Phi) is 8.55. The third-order valence-electron chi connectivity index (χ3n) is 2.66. The Morgan fingerprint density at radius 1 is 0.524 bits per heavy atom. The van der Waals surface area contributed by atoms with Crippen LogP contribution < -0.4 is 0 Å². The highest BCUT2D eigenvalue weighted by molar-refractivity contribution is 5.86. The smallest absolute Gasteiger partial charge is 0.0980 e. The summed E-state index contributed by atoms with van der Waals surface area (Å²) in [4.78, 5) is 13.1. The minimum absolute atomic E-state index is 0. The SMILES string of the molecule is Cl.Cl.Cl.c1ccc(-c2cccnc2-c2ccccn2)nc1. The minimum Gasteiger partial charge on any atom is -0.256 e. The van der Waals surface area contributed by atoms with Gasteiger partial charge in [0.05, 0.1) is 17.1 Å². The van der Waals surface area contributed by atoms with Crippen LogP contribution in [0.25, 0.3) is 22.6 Å². The predicted octanol–water partition coefficient (Wildman–Crippen LogP) is 4.47. The standard InChI is InChI=1S/C15H11N3.3ClH/c1-3-9-16-13(7-1)12-6-5-11-18-15(12)14-8-2-4-10-17-14;;;/h1-11H;3*1H. The predicted molar refractivity (Wildman–Crippen MR) is 92.4 cm³/mol. The zero-order chi connectivity index (χ0) is 12.2. The van der Waals surface area contributed by atoms with Crippen molar-refractivity contribution >= 4 is 37.2 Å². The van der Waals surface area contributed by atoms with Crippen LogP contribution in [0.15, 0.2) is 67.1 Å². The molecule has 0 bridgehead atoms. The van der Waals surface area contributed by atoms with Gasteiger partial charge in [0, 0.05) is 24.2 Å². The monoisotopic (exact) mass is 341 g/mol. The molecule has 3 aromatic rings. The van der Waals surface area contributed by atoms with E-state index in [1.807, 2.05) is 48.5 Å². The van der Waals surface area contributed by atoms with Crippen LogP contribution in [0.5, 0.6) is 0 Å². The molecule has 21 heavy (non-hydrogen) atoms. The highest BCUT2D eigenvalue weighted by Gasteiger charge is 2.09. The van der Waals surface area contributed by atoms with Crippen molar-refractivity contribution in [1.82, 2.24) is 15.0 Å². The molecule has 6 heteroatoms. The lowest BCUT2D eigenvalue weighted by atomic mass is 10.1. The third-order valence-corrected chi connectivity index (χ3v) is 2.66. The highest BCUT2D eigenvalue weighted by atomic mass is 35.5. The van der Waals surface area contributed by atoms with Crippen LogP contribution in [0.3, 0.4) is 0 Å². The van der Waals surface area contributed by atoms with Crippen molar-refractivity contribution in [3.05, 3.63) is 67.1 Å². The first-order chi connectivity index (χ1) is 8.95. The van der Waals surface area contributed by atoms with Crippen LogP contribution in [0, 0.1) is 0 Å². The second-order valence-corrected chi connectivity index (χ2v) is 3.83. The van der Waals surface area contributed by atoms with E-state index in [0.29, 0.717) is 0 Å². The quantitative estimate of drug-likeness (QED) is 0.689. The maximum atomic E-state index is 4.42. The molecule has 0 aliphatic rings. The Bertz CT molecular complexity index is 590. The van der Waals surface area contributed by atoms with Gasteiger partial charge >= 0.3 is 0 Å². The maximum Gasteiger partial charge on any atom is 0.0980 e. The zero-order valence-electron chi connectivity index (χ0n) is 10.9. The third kappa shape index (κ3) is 4.39. The lowest BCUT2D eigenvalue weighted by molar-refractivity contribution is 1.23. The van der Waals surface area contributed by atoms with Crippen LogP contribution in [-0.2, 0) is 0 Å². The summed E-state index contributed by atoms with van der Waals surface area (Å²) in [6, 6.07) is 15.6. The van der Waals surface area contributed by atoms with Gasteiger partial charge in [0.1, 0.15) is 0 Å². The van der Waals surface area contributed by atoms with Gasteiger partial charge in [0.25, 0.3) is 0 Å². The maximum absolute atomic E-state index is 4.42. The Hall–Kier alpha value is -1.68. The van der Waals surface area contributed by atoms with Crippen LogP contribution in [0.1, 0.15) is 0 Å². The molecular weight excluding hydrogens is 329 g/mol. The second kappa shape index (κ2) is 9.29. The Balaban J connectivity index is 0.00000133. The van der Waals surface area contributed by atoms with Crippen LogP contribution >= 0.6 is 37.2 Å². The molecule has 0 aliphatic heterocycles. The largest absolute Gasteiger partial charge is 0.256 e. The average molecular weight is 343 g/mol. The number of rotatable bonds is 2. The molecule has 3 heterocycles. The summed E-state index contributed by atoms with van der Waals surface area (Å²) < 4.78 is 0. The highest BCUT2D eigenvalue weighted by Crippen LogP contribution is 2.26. The van der Waals surface area contributed by atoms with Crippen molar-refractivity contribution in [2.75, 3.05) is 0 Å². The number of pyridine rings is 3. The number of hydrogen-bond donors (Lipinski definition) is 0. The van der Waals surface area contributed by atoms with E-state index < -0.39 is 0 Å². The molecule has 3 rings (SSSR count). The van der Waals surface area contributed by atoms with E-state index in [1.165, 1.54) is 0 Å². The first-order valence-electron chi connectivity index (χ1n) is 5.73. The molecule has 3 nitrogen and oxygen atoms in total. The molecule has 0 aromatic carbocycles. The molecule has 0 spiro atoms. The fourth-order valence-electron chi connectivity index (χ4n) is 1.84. The number of nitrogens with zero attached hydrogens (tertiary/aromatic N) is 3. The lowest BCUT2D eigenvalue weighted by Gasteiger charge is -2.06. The van der Waals surface area contributed by atoms with Crippen molar-refractivity contribution in [2.45, 2.75) is 0 Å². The van der Waals surface area contributed by atoms with Gasteiger partial charge in [-0.15, -0.1) is 37.2 Å². The zero-order valence-corrected chi connectivity index (χ0v) is 13.4. The minimum atomic E-state index is 0. The fraction of sp³-hybridized carbons (Fsp3) is 0. The average Bonchev–Trinajstić information content (AvgIpc) is 2.49. The molecule has 0 radical (unpaired) electrons. The first-order valence-corrected chi connectivity index (χ1v) is 5.73. The Morgan fingerprint density at radius 2 is 1.10 bits per heavy atom. The van der Waals surface area contributed by atoms with Gasteiger partial charge in [-0.05, 0) is 36.4 Å². The molecule has 0 atom stereocenters. The van der Waals surface area contributed by atoms with Crippen LogP contribution in [0.2, 0.25) is 0 Å². The van der Waals surface area contributed by atoms with Crippen molar-refractivity contribution in [1.29, 1.82) is 0 Å². The summed E-state index contributed by atoms with van der Waals surface area (Å²) in [7, 11) is 0. The topological polar surface area (TPSA) is 38.7 Å². The van der Waals surface area contributed by atoms with Crippen LogP contribution in [-0.4, -0.2) is 15.0 Å². The molecule has 0 fully saturated rings. The number of halogens is 3.